The van der Waals surface area contributed by atoms with Gasteiger partial charge in [0.1, 0.15) is 11.5 Å². The van der Waals surface area contributed by atoms with Crippen molar-refractivity contribution in [2.75, 3.05) is 5.32 Å². The number of anilines is 1. The second-order valence-electron chi connectivity index (χ2n) is 5.80. The van der Waals surface area contributed by atoms with E-state index in [9.17, 15) is 0 Å². The minimum Gasteiger partial charge on any atom is -0.365 e. The van der Waals surface area contributed by atoms with Gasteiger partial charge in [-0.1, -0.05) is 60.2 Å². The number of aromatic nitrogens is 3. The van der Waals surface area contributed by atoms with Crippen LogP contribution in [0.1, 0.15) is 11.1 Å². The van der Waals surface area contributed by atoms with Gasteiger partial charge in [0.2, 0.25) is 5.78 Å². The van der Waals surface area contributed by atoms with E-state index in [0.717, 1.165) is 23.6 Å². The molecule has 0 spiro atoms. The van der Waals surface area contributed by atoms with Gasteiger partial charge in [-0.05, 0) is 18.6 Å². The molecule has 2 aromatic carbocycles. The maximum atomic E-state index is 4.71. The van der Waals surface area contributed by atoms with Gasteiger partial charge in [0, 0.05) is 24.5 Å². The van der Waals surface area contributed by atoms with E-state index in [1.54, 1.807) is 6.20 Å². The van der Waals surface area contributed by atoms with E-state index in [-0.39, 0.29) is 0 Å². The first kappa shape index (κ1) is 14.5. The summed E-state index contributed by atoms with van der Waals surface area (Å²) in [5, 5.41) is 3.53. The zero-order chi connectivity index (χ0) is 16.4. The Morgan fingerprint density at radius 3 is 2.54 bits per heavy atom. The SMILES string of the molecule is Cc1ccc(-c2nc3ncccn3c2NCc2ccccc2)cc1. The first-order chi connectivity index (χ1) is 11.8. The predicted octanol–water partition coefficient (Wildman–Crippen LogP) is 4.32. The fraction of sp³-hybridized carbons (Fsp3) is 0.100. The molecule has 0 bridgehead atoms. The molecule has 2 heterocycles. The van der Waals surface area contributed by atoms with Crippen LogP contribution >= 0.6 is 0 Å². The van der Waals surface area contributed by atoms with E-state index in [1.165, 1.54) is 11.1 Å². The van der Waals surface area contributed by atoms with Crippen molar-refractivity contribution in [2.45, 2.75) is 13.5 Å². The number of rotatable bonds is 4. The van der Waals surface area contributed by atoms with Crippen LogP contribution in [0, 0.1) is 6.92 Å². The highest BCUT2D eigenvalue weighted by molar-refractivity contribution is 5.75. The lowest BCUT2D eigenvalue weighted by atomic mass is 10.1. The molecule has 0 aliphatic heterocycles. The highest BCUT2D eigenvalue weighted by atomic mass is 15.2. The lowest BCUT2D eigenvalue weighted by Crippen LogP contribution is -2.03. The van der Waals surface area contributed by atoms with Crippen molar-refractivity contribution in [3.8, 4) is 11.3 Å². The molecule has 2 aromatic heterocycles. The summed E-state index contributed by atoms with van der Waals surface area (Å²) in [7, 11) is 0. The molecule has 118 valence electrons. The number of aryl methyl sites for hydroxylation is 1. The van der Waals surface area contributed by atoms with Crippen molar-refractivity contribution < 1.29 is 0 Å². The topological polar surface area (TPSA) is 42.2 Å². The number of imidazole rings is 1. The summed E-state index contributed by atoms with van der Waals surface area (Å²) in [5.74, 6) is 1.66. The molecule has 4 nitrogen and oxygen atoms in total. The van der Waals surface area contributed by atoms with Crippen LogP contribution in [-0.2, 0) is 6.54 Å². The van der Waals surface area contributed by atoms with Crippen LogP contribution in [0.5, 0.6) is 0 Å². The zero-order valence-corrected chi connectivity index (χ0v) is 13.5. The third kappa shape index (κ3) is 2.74. The largest absolute Gasteiger partial charge is 0.365 e. The van der Waals surface area contributed by atoms with Crippen molar-refractivity contribution in [3.05, 3.63) is 84.2 Å². The molecule has 24 heavy (non-hydrogen) atoms. The monoisotopic (exact) mass is 314 g/mol. The van der Waals surface area contributed by atoms with Gasteiger partial charge < -0.3 is 5.32 Å². The van der Waals surface area contributed by atoms with Crippen molar-refractivity contribution >= 4 is 11.6 Å². The third-order valence-corrected chi connectivity index (χ3v) is 4.03. The molecule has 0 atom stereocenters. The van der Waals surface area contributed by atoms with Gasteiger partial charge in [-0.3, -0.25) is 4.40 Å². The summed E-state index contributed by atoms with van der Waals surface area (Å²) in [6, 6.07) is 20.7. The molecule has 0 saturated carbocycles. The lowest BCUT2D eigenvalue weighted by Gasteiger charge is -2.09. The maximum absolute atomic E-state index is 4.71. The van der Waals surface area contributed by atoms with Gasteiger partial charge in [0.25, 0.3) is 0 Å². The highest BCUT2D eigenvalue weighted by Gasteiger charge is 2.14. The number of nitrogens with zero attached hydrogens (tertiary/aromatic N) is 3. The number of fused-ring (bicyclic) bond motifs is 1. The first-order valence-corrected chi connectivity index (χ1v) is 7.99. The number of hydrogen-bond acceptors (Lipinski definition) is 3. The molecule has 0 fully saturated rings. The van der Waals surface area contributed by atoms with Crippen LogP contribution in [-0.4, -0.2) is 14.4 Å². The van der Waals surface area contributed by atoms with Crippen LogP contribution < -0.4 is 5.32 Å². The summed E-state index contributed by atoms with van der Waals surface area (Å²) in [5.41, 5.74) is 4.47. The molecule has 1 N–H and O–H groups in total. The molecular weight excluding hydrogens is 296 g/mol. The van der Waals surface area contributed by atoms with Crippen LogP contribution in [0.2, 0.25) is 0 Å². The Bertz CT molecular complexity index is 956. The molecule has 0 aliphatic rings. The van der Waals surface area contributed by atoms with Crippen molar-refractivity contribution in [3.63, 3.8) is 0 Å². The number of hydrogen-bond donors (Lipinski definition) is 1. The van der Waals surface area contributed by atoms with E-state index in [2.05, 4.69) is 53.6 Å². The van der Waals surface area contributed by atoms with Crippen molar-refractivity contribution in [2.24, 2.45) is 0 Å². The Morgan fingerprint density at radius 1 is 0.958 bits per heavy atom. The number of nitrogens with one attached hydrogen (secondary N) is 1. The van der Waals surface area contributed by atoms with Gasteiger partial charge in [0.15, 0.2) is 0 Å². The van der Waals surface area contributed by atoms with E-state index in [1.807, 2.05) is 34.9 Å². The van der Waals surface area contributed by atoms with Crippen LogP contribution in [0.4, 0.5) is 5.82 Å². The quantitative estimate of drug-likeness (QED) is 0.610. The van der Waals surface area contributed by atoms with E-state index >= 15 is 0 Å². The maximum Gasteiger partial charge on any atom is 0.235 e. The van der Waals surface area contributed by atoms with Crippen molar-refractivity contribution in [1.82, 2.24) is 14.4 Å². The van der Waals surface area contributed by atoms with Crippen LogP contribution in [0.15, 0.2) is 73.1 Å². The predicted molar refractivity (Wildman–Crippen MR) is 96.9 cm³/mol. The molecule has 0 amide bonds. The Hall–Kier alpha value is -3.14. The Morgan fingerprint density at radius 2 is 1.75 bits per heavy atom. The Labute approximate surface area is 140 Å². The fourth-order valence-electron chi connectivity index (χ4n) is 2.75. The van der Waals surface area contributed by atoms with Gasteiger partial charge in [0.05, 0.1) is 0 Å². The average molecular weight is 314 g/mol. The molecule has 0 aliphatic carbocycles. The summed E-state index contributed by atoms with van der Waals surface area (Å²) in [4.78, 5) is 9.09. The molecule has 0 unspecified atom stereocenters. The van der Waals surface area contributed by atoms with E-state index in [4.69, 9.17) is 4.98 Å². The second-order valence-corrected chi connectivity index (χ2v) is 5.80. The van der Waals surface area contributed by atoms with Crippen LogP contribution in [0.25, 0.3) is 17.0 Å². The van der Waals surface area contributed by atoms with E-state index < -0.39 is 0 Å². The van der Waals surface area contributed by atoms with Gasteiger partial charge in [-0.15, -0.1) is 0 Å². The summed E-state index contributed by atoms with van der Waals surface area (Å²) in [6.07, 6.45) is 3.75. The third-order valence-electron chi connectivity index (χ3n) is 4.03. The number of benzene rings is 2. The lowest BCUT2D eigenvalue weighted by molar-refractivity contribution is 1.06. The second kappa shape index (κ2) is 6.16. The Balaban J connectivity index is 1.77. The standard InChI is InChI=1S/C20H18N4/c1-15-8-10-17(11-9-15)18-19(22-14-16-6-3-2-4-7-16)24-13-5-12-21-20(24)23-18/h2-13,22H,14H2,1H3. The summed E-state index contributed by atoms with van der Waals surface area (Å²) >= 11 is 0. The highest BCUT2D eigenvalue weighted by Crippen LogP contribution is 2.28. The molecule has 4 aromatic rings. The van der Waals surface area contributed by atoms with Gasteiger partial charge in [-0.2, -0.15) is 0 Å². The smallest absolute Gasteiger partial charge is 0.235 e. The van der Waals surface area contributed by atoms with Gasteiger partial charge in [-0.25, -0.2) is 9.97 Å². The van der Waals surface area contributed by atoms with Crippen molar-refractivity contribution in [1.29, 1.82) is 0 Å². The fourth-order valence-corrected chi connectivity index (χ4v) is 2.75. The molecule has 4 rings (SSSR count). The minimum absolute atomic E-state index is 0.698. The normalized spacial score (nSPS) is 10.9. The average Bonchev–Trinajstić information content (AvgIpc) is 3.00. The first-order valence-electron chi connectivity index (χ1n) is 7.99. The molecule has 0 radical (unpaired) electrons. The molecule has 0 saturated heterocycles. The van der Waals surface area contributed by atoms with Crippen LogP contribution in [0.3, 0.4) is 0 Å². The molecule has 4 heteroatoms. The van der Waals surface area contributed by atoms with E-state index in [0.29, 0.717) is 5.78 Å². The summed E-state index contributed by atoms with van der Waals surface area (Å²) in [6.45, 7) is 2.83. The summed E-state index contributed by atoms with van der Waals surface area (Å²) < 4.78 is 2.00. The minimum atomic E-state index is 0.698. The molecular formula is C20H18N4. The van der Waals surface area contributed by atoms with Gasteiger partial charge >= 0.3 is 0 Å². The zero-order valence-electron chi connectivity index (χ0n) is 13.5. The Kier molecular flexibility index (Phi) is 3.71.